The molecule has 1 heterocycles. The Kier molecular flexibility index (Phi) is 4.73. The third-order valence-electron chi connectivity index (χ3n) is 3.69. The molecule has 1 aliphatic heterocycles. The molecule has 0 aromatic heterocycles. The Bertz CT molecular complexity index is 546. The highest BCUT2D eigenvalue weighted by Crippen LogP contribution is 2.39. The number of rotatable bonds is 7. The number of likely N-dealkylation sites (tertiary alicyclic amines) is 1. The van der Waals surface area contributed by atoms with Crippen LogP contribution in [-0.4, -0.2) is 32.8 Å². The first-order chi connectivity index (χ1) is 9.96. The van der Waals surface area contributed by atoms with Gasteiger partial charge in [-0.15, -0.1) is 18.3 Å². The second-order valence-electron chi connectivity index (χ2n) is 5.35. The van der Waals surface area contributed by atoms with Crippen molar-refractivity contribution in [1.29, 1.82) is 0 Å². The first-order valence-corrected chi connectivity index (χ1v) is 7.84. The van der Waals surface area contributed by atoms with Crippen LogP contribution in [0.5, 0.6) is 0 Å². The van der Waals surface area contributed by atoms with Crippen molar-refractivity contribution in [3.8, 4) is 0 Å². The summed E-state index contributed by atoms with van der Waals surface area (Å²) in [5.74, 6) is -0.136. The number of carbonyl (C=O) groups excluding carboxylic acids is 1. The fourth-order valence-electron chi connectivity index (χ4n) is 2.46. The van der Waals surface area contributed by atoms with Crippen molar-refractivity contribution in [3.05, 3.63) is 48.6 Å². The number of hydrogen-bond donors (Lipinski definition) is 1. The van der Waals surface area contributed by atoms with Crippen LogP contribution in [0.15, 0.2) is 43.0 Å². The van der Waals surface area contributed by atoms with Crippen molar-refractivity contribution < 1.29 is 14.7 Å². The molecule has 0 saturated carbocycles. The molecule has 2 unspecified atom stereocenters. The van der Waals surface area contributed by atoms with Crippen molar-refractivity contribution in [2.45, 2.75) is 36.4 Å². The van der Waals surface area contributed by atoms with Crippen LogP contribution < -0.4 is 0 Å². The standard InChI is InChI=1S/C16H19NO3S/c1-3-16(2,10-15(19)20)17-13(18)9-14(17)21-11-12-7-5-4-6-8-12/h3-8,14H,1,9-11H2,2H3,(H,19,20). The van der Waals surface area contributed by atoms with E-state index >= 15 is 0 Å². The molecule has 21 heavy (non-hydrogen) atoms. The number of carboxylic acids is 1. The zero-order valence-corrected chi connectivity index (χ0v) is 12.8. The molecule has 1 fully saturated rings. The van der Waals surface area contributed by atoms with Gasteiger partial charge in [0, 0.05) is 5.75 Å². The molecular weight excluding hydrogens is 286 g/mol. The topological polar surface area (TPSA) is 57.6 Å². The van der Waals surface area contributed by atoms with E-state index in [-0.39, 0.29) is 17.7 Å². The lowest BCUT2D eigenvalue weighted by molar-refractivity contribution is -0.151. The van der Waals surface area contributed by atoms with Crippen LogP contribution in [0.3, 0.4) is 0 Å². The molecule has 112 valence electrons. The molecule has 2 rings (SSSR count). The van der Waals surface area contributed by atoms with E-state index < -0.39 is 11.5 Å². The van der Waals surface area contributed by atoms with Gasteiger partial charge < -0.3 is 10.0 Å². The summed E-state index contributed by atoms with van der Waals surface area (Å²) in [6, 6.07) is 10.0. The van der Waals surface area contributed by atoms with Crippen molar-refractivity contribution >= 4 is 23.6 Å². The third-order valence-corrected chi connectivity index (χ3v) is 4.95. The highest BCUT2D eigenvalue weighted by Gasteiger charge is 2.47. The highest BCUT2D eigenvalue weighted by atomic mass is 32.2. The zero-order chi connectivity index (χ0) is 15.5. The molecule has 1 amide bonds. The van der Waals surface area contributed by atoms with Crippen molar-refractivity contribution in [2.75, 3.05) is 0 Å². The number of thioether (sulfide) groups is 1. The molecule has 1 aromatic carbocycles. The maximum atomic E-state index is 11.9. The van der Waals surface area contributed by atoms with Gasteiger partial charge in [0.05, 0.1) is 23.8 Å². The molecule has 0 bridgehead atoms. The van der Waals surface area contributed by atoms with E-state index in [2.05, 4.69) is 6.58 Å². The van der Waals surface area contributed by atoms with Gasteiger partial charge in [-0.05, 0) is 12.5 Å². The van der Waals surface area contributed by atoms with Gasteiger partial charge in [0.2, 0.25) is 5.91 Å². The normalized spacial score (nSPS) is 20.5. The minimum Gasteiger partial charge on any atom is -0.481 e. The van der Waals surface area contributed by atoms with E-state index in [9.17, 15) is 9.59 Å². The van der Waals surface area contributed by atoms with Crippen LogP contribution in [0.1, 0.15) is 25.3 Å². The number of β-lactam (4-membered cyclic amide) rings is 1. The average Bonchev–Trinajstić information content (AvgIpc) is 2.43. The lowest BCUT2D eigenvalue weighted by atomic mass is 9.91. The van der Waals surface area contributed by atoms with Crippen molar-refractivity contribution in [3.63, 3.8) is 0 Å². The van der Waals surface area contributed by atoms with Crippen LogP contribution in [-0.2, 0) is 15.3 Å². The summed E-state index contributed by atoms with van der Waals surface area (Å²) >= 11 is 1.66. The van der Waals surface area contributed by atoms with Crippen molar-refractivity contribution in [1.82, 2.24) is 4.90 Å². The fraction of sp³-hybridized carbons (Fsp3) is 0.375. The van der Waals surface area contributed by atoms with E-state index in [1.165, 1.54) is 5.56 Å². The minimum atomic E-state index is -0.927. The van der Waals surface area contributed by atoms with E-state index in [1.807, 2.05) is 30.3 Å². The van der Waals surface area contributed by atoms with E-state index in [1.54, 1.807) is 29.7 Å². The Morgan fingerprint density at radius 1 is 1.52 bits per heavy atom. The number of hydrogen-bond acceptors (Lipinski definition) is 3. The van der Waals surface area contributed by atoms with E-state index in [0.717, 1.165) is 5.75 Å². The molecule has 2 atom stereocenters. The van der Waals surface area contributed by atoms with Crippen LogP contribution in [0.4, 0.5) is 0 Å². The molecule has 1 saturated heterocycles. The summed E-state index contributed by atoms with van der Waals surface area (Å²) in [5.41, 5.74) is 0.371. The average molecular weight is 305 g/mol. The molecule has 0 radical (unpaired) electrons. The first kappa shape index (κ1) is 15.6. The second-order valence-corrected chi connectivity index (χ2v) is 6.52. The SMILES string of the molecule is C=CC(C)(CC(=O)O)N1C(=O)CC1SCc1ccccc1. The molecule has 5 heteroatoms. The number of amides is 1. The Morgan fingerprint density at radius 2 is 2.19 bits per heavy atom. The summed E-state index contributed by atoms with van der Waals surface area (Å²) in [6.07, 6.45) is 1.90. The van der Waals surface area contributed by atoms with Crippen LogP contribution in [0.25, 0.3) is 0 Å². The maximum Gasteiger partial charge on any atom is 0.306 e. The van der Waals surface area contributed by atoms with Gasteiger partial charge >= 0.3 is 5.97 Å². The van der Waals surface area contributed by atoms with Gasteiger partial charge in [-0.2, -0.15) is 0 Å². The van der Waals surface area contributed by atoms with Crippen LogP contribution >= 0.6 is 11.8 Å². The monoisotopic (exact) mass is 305 g/mol. The zero-order valence-electron chi connectivity index (χ0n) is 12.0. The smallest absolute Gasteiger partial charge is 0.306 e. The summed E-state index contributed by atoms with van der Waals surface area (Å²) in [7, 11) is 0. The predicted molar refractivity (Wildman–Crippen MR) is 83.8 cm³/mol. The molecular formula is C16H19NO3S. The van der Waals surface area contributed by atoms with Gasteiger partial charge in [0.15, 0.2) is 0 Å². The number of benzene rings is 1. The molecule has 0 aliphatic carbocycles. The molecule has 4 nitrogen and oxygen atoms in total. The molecule has 1 aromatic rings. The number of carboxylic acid groups (broad SMARTS) is 1. The number of carbonyl (C=O) groups is 2. The van der Waals surface area contributed by atoms with Crippen LogP contribution in [0, 0.1) is 0 Å². The van der Waals surface area contributed by atoms with Gasteiger partial charge in [-0.3, -0.25) is 9.59 Å². The van der Waals surface area contributed by atoms with Gasteiger partial charge in [0.25, 0.3) is 0 Å². The van der Waals surface area contributed by atoms with Crippen molar-refractivity contribution in [2.24, 2.45) is 0 Å². The van der Waals surface area contributed by atoms with Gasteiger partial charge in [-0.1, -0.05) is 36.4 Å². The van der Waals surface area contributed by atoms with E-state index in [4.69, 9.17) is 5.11 Å². The van der Waals surface area contributed by atoms with Gasteiger partial charge in [-0.25, -0.2) is 0 Å². The molecule has 1 aliphatic rings. The quantitative estimate of drug-likeness (QED) is 0.621. The third kappa shape index (κ3) is 3.47. The number of nitrogens with zero attached hydrogens (tertiary/aromatic N) is 1. The summed E-state index contributed by atoms with van der Waals surface area (Å²) in [5, 5.41) is 9.05. The lowest BCUT2D eigenvalue weighted by Crippen LogP contribution is -2.61. The summed E-state index contributed by atoms with van der Waals surface area (Å²) in [4.78, 5) is 24.6. The number of aliphatic carboxylic acids is 1. The Hall–Kier alpha value is -1.75. The first-order valence-electron chi connectivity index (χ1n) is 6.79. The Labute approximate surface area is 128 Å². The largest absolute Gasteiger partial charge is 0.481 e. The summed E-state index contributed by atoms with van der Waals surface area (Å²) in [6.45, 7) is 5.46. The highest BCUT2D eigenvalue weighted by molar-refractivity contribution is 7.99. The Morgan fingerprint density at radius 3 is 2.71 bits per heavy atom. The van der Waals surface area contributed by atoms with Gasteiger partial charge in [0.1, 0.15) is 0 Å². The maximum absolute atomic E-state index is 11.9. The second kappa shape index (κ2) is 6.35. The molecule has 0 spiro atoms. The Balaban J connectivity index is 2.03. The molecule has 1 N–H and O–H groups in total. The fourth-order valence-corrected chi connectivity index (χ4v) is 3.81. The predicted octanol–water partition coefficient (Wildman–Crippen LogP) is 2.90. The summed E-state index contributed by atoms with van der Waals surface area (Å²) < 4.78 is 0. The lowest BCUT2D eigenvalue weighted by Gasteiger charge is -2.50. The van der Waals surface area contributed by atoms with E-state index in [0.29, 0.717) is 6.42 Å². The van der Waals surface area contributed by atoms with Crippen LogP contribution in [0.2, 0.25) is 0 Å². The minimum absolute atomic E-state index is 0.00999.